The van der Waals surface area contributed by atoms with E-state index in [0.717, 1.165) is 31.0 Å². The van der Waals surface area contributed by atoms with E-state index in [1.54, 1.807) is 0 Å². The van der Waals surface area contributed by atoms with Gasteiger partial charge in [0, 0.05) is 31.7 Å². The lowest BCUT2D eigenvalue weighted by Crippen LogP contribution is -2.45. The number of aromatic nitrogens is 3. The molecule has 0 radical (unpaired) electrons. The zero-order valence-corrected chi connectivity index (χ0v) is 15.5. The van der Waals surface area contributed by atoms with Gasteiger partial charge in [0.05, 0.1) is 6.42 Å². The summed E-state index contributed by atoms with van der Waals surface area (Å²) in [5, 5.41) is 11.7. The highest BCUT2D eigenvalue weighted by Gasteiger charge is 2.39. The molecule has 6 heteroatoms. The monoisotopic (exact) mass is 341 g/mol. The molecule has 1 amide bonds. The summed E-state index contributed by atoms with van der Waals surface area (Å²) in [6, 6.07) is 10.1. The number of hydrogen-bond acceptors (Lipinski definition) is 4. The van der Waals surface area contributed by atoms with Crippen molar-refractivity contribution in [3.63, 3.8) is 0 Å². The van der Waals surface area contributed by atoms with Crippen molar-refractivity contribution in [3.05, 3.63) is 36.2 Å². The molecule has 0 saturated carbocycles. The molecule has 25 heavy (non-hydrogen) atoms. The van der Waals surface area contributed by atoms with E-state index in [2.05, 4.69) is 41.2 Å². The van der Waals surface area contributed by atoms with Crippen molar-refractivity contribution in [1.82, 2.24) is 25.0 Å². The number of nitrogens with zero attached hydrogens (tertiary/aromatic N) is 4. The molecule has 1 fully saturated rings. The largest absolute Gasteiger partial charge is 0.351 e. The van der Waals surface area contributed by atoms with Crippen molar-refractivity contribution >= 4 is 5.91 Å². The van der Waals surface area contributed by atoms with Crippen LogP contribution in [0.4, 0.5) is 0 Å². The molecular formula is C19H27N5O. The average Bonchev–Trinajstić information content (AvgIpc) is 3.08. The minimum Gasteiger partial charge on any atom is -0.351 e. The molecule has 0 spiro atoms. The second kappa shape index (κ2) is 6.96. The Bertz CT molecular complexity index is 738. The second-order valence-electron chi connectivity index (χ2n) is 7.48. The second-order valence-corrected chi connectivity index (χ2v) is 7.48. The van der Waals surface area contributed by atoms with Crippen LogP contribution in [0.15, 0.2) is 30.3 Å². The Kier molecular flexibility index (Phi) is 4.90. The molecule has 1 aromatic carbocycles. The van der Waals surface area contributed by atoms with Crippen molar-refractivity contribution in [2.45, 2.75) is 33.2 Å². The van der Waals surface area contributed by atoms with Gasteiger partial charge in [0.15, 0.2) is 5.82 Å². The molecule has 1 aliphatic heterocycles. The van der Waals surface area contributed by atoms with Crippen LogP contribution in [0, 0.1) is 5.41 Å². The molecule has 0 aliphatic carbocycles. The van der Waals surface area contributed by atoms with E-state index in [1.807, 2.05) is 41.9 Å². The molecule has 2 aromatic rings. The predicted molar refractivity (Wildman–Crippen MR) is 98.0 cm³/mol. The number of amides is 1. The summed E-state index contributed by atoms with van der Waals surface area (Å²) in [7, 11) is 1.91. The first-order valence-electron chi connectivity index (χ1n) is 8.86. The fourth-order valence-corrected chi connectivity index (χ4v) is 3.48. The fraction of sp³-hybridized carbons (Fsp3) is 0.526. The molecular weight excluding hydrogens is 314 g/mol. The van der Waals surface area contributed by atoms with Crippen molar-refractivity contribution in [1.29, 1.82) is 0 Å². The summed E-state index contributed by atoms with van der Waals surface area (Å²) >= 11 is 0. The van der Waals surface area contributed by atoms with Crippen LogP contribution in [0.3, 0.4) is 0 Å². The molecule has 3 rings (SSSR count). The van der Waals surface area contributed by atoms with Gasteiger partial charge in [-0.1, -0.05) is 51.1 Å². The number of hydrogen-bond donors (Lipinski definition) is 1. The number of carbonyl (C=O) groups is 1. The maximum Gasteiger partial charge on any atom is 0.227 e. The maximum absolute atomic E-state index is 12.5. The highest BCUT2D eigenvalue weighted by atomic mass is 16.1. The Morgan fingerprint density at radius 2 is 2.00 bits per heavy atom. The molecule has 1 aliphatic rings. The van der Waals surface area contributed by atoms with E-state index in [1.165, 1.54) is 0 Å². The number of nitrogens with one attached hydrogen (secondary N) is 1. The van der Waals surface area contributed by atoms with E-state index < -0.39 is 0 Å². The predicted octanol–water partition coefficient (Wildman–Crippen LogP) is 1.87. The summed E-state index contributed by atoms with van der Waals surface area (Å²) in [5.41, 5.74) is 1.08. The Balaban J connectivity index is 1.67. The Morgan fingerprint density at radius 1 is 1.28 bits per heavy atom. The van der Waals surface area contributed by atoms with Gasteiger partial charge in [0.1, 0.15) is 5.82 Å². The zero-order valence-electron chi connectivity index (χ0n) is 15.5. The Morgan fingerprint density at radius 3 is 2.64 bits per heavy atom. The Hall–Kier alpha value is -2.21. The number of benzene rings is 1. The number of rotatable bonds is 5. The van der Waals surface area contributed by atoms with Gasteiger partial charge in [0.25, 0.3) is 0 Å². The SMILES string of the molecule is CCN1CC(NC(=O)Cc2nnc(-c3ccccc3)n2C)C(C)(C)C1. The third kappa shape index (κ3) is 3.74. The zero-order chi connectivity index (χ0) is 18.0. The first-order chi connectivity index (χ1) is 11.9. The molecule has 1 unspecified atom stereocenters. The summed E-state index contributed by atoms with van der Waals surface area (Å²) in [5.74, 6) is 1.47. The average molecular weight is 341 g/mol. The molecule has 0 bridgehead atoms. The third-order valence-electron chi connectivity index (χ3n) is 5.11. The van der Waals surface area contributed by atoms with Crippen LogP contribution in [0.1, 0.15) is 26.6 Å². The van der Waals surface area contributed by atoms with E-state index in [0.29, 0.717) is 5.82 Å². The van der Waals surface area contributed by atoms with E-state index >= 15 is 0 Å². The molecule has 1 saturated heterocycles. The first kappa shape index (κ1) is 17.6. The van der Waals surface area contributed by atoms with Crippen molar-refractivity contribution in [2.24, 2.45) is 12.5 Å². The lowest BCUT2D eigenvalue weighted by molar-refractivity contribution is -0.121. The third-order valence-corrected chi connectivity index (χ3v) is 5.11. The van der Waals surface area contributed by atoms with Crippen molar-refractivity contribution in [3.8, 4) is 11.4 Å². The number of carbonyl (C=O) groups excluding carboxylic acids is 1. The number of likely N-dealkylation sites (tertiary alicyclic amines) is 1. The van der Waals surface area contributed by atoms with E-state index in [9.17, 15) is 4.79 Å². The van der Waals surface area contributed by atoms with Crippen molar-refractivity contribution < 1.29 is 4.79 Å². The van der Waals surface area contributed by atoms with Gasteiger partial charge in [-0.15, -0.1) is 10.2 Å². The van der Waals surface area contributed by atoms with Crippen LogP contribution in [-0.4, -0.2) is 51.2 Å². The lowest BCUT2D eigenvalue weighted by atomic mass is 9.88. The minimum absolute atomic E-state index is 0.00568. The van der Waals surface area contributed by atoms with Gasteiger partial charge >= 0.3 is 0 Å². The van der Waals surface area contributed by atoms with Crippen LogP contribution in [0.25, 0.3) is 11.4 Å². The molecule has 1 atom stereocenters. The number of likely N-dealkylation sites (N-methyl/N-ethyl adjacent to an activating group) is 1. The smallest absolute Gasteiger partial charge is 0.227 e. The van der Waals surface area contributed by atoms with Gasteiger partial charge < -0.3 is 14.8 Å². The topological polar surface area (TPSA) is 63.1 Å². The molecule has 1 N–H and O–H groups in total. The summed E-state index contributed by atoms with van der Waals surface area (Å²) in [6.45, 7) is 9.51. The van der Waals surface area contributed by atoms with Crippen LogP contribution in [0.2, 0.25) is 0 Å². The highest BCUT2D eigenvalue weighted by molar-refractivity contribution is 5.78. The summed E-state index contributed by atoms with van der Waals surface area (Å²) in [6.07, 6.45) is 0.245. The summed E-state index contributed by atoms with van der Waals surface area (Å²) in [4.78, 5) is 14.9. The van der Waals surface area contributed by atoms with Crippen molar-refractivity contribution in [2.75, 3.05) is 19.6 Å². The van der Waals surface area contributed by atoms with Gasteiger partial charge in [-0.25, -0.2) is 0 Å². The van der Waals surface area contributed by atoms with Crippen LogP contribution in [0.5, 0.6) is 0 Å². The molecule has 2 heterocycles. The van der Waals surface area contributed by atoms with Crippen LogP contribution >= 0.6 is 0 Å². The molecule has 134 valence electrons. The van der Waals surface area contributed by atoms with Gasteiger partial charge in [-0.05, 0) is 12.0 Å². The summed E-state index contributed by atoms with van der Waals surface area (Å²) < 4.78 is 1.90. The van der Waals surface area contributed by atoms with Crippen LogP contribution in [-0.2, 0) is 18.3 Å². The van der Waals surface area contributed by atoms with E-state index in [4.69, 9.17) is 0 Å². The minimum atomic E-state index is 0.00568. The quantitative estimate of drug-likeness (QED) is 0.902. The van der Waals surface area contributed by atoms with Crippen LogP contribution < -0.4 is 5.32 Å². The molecule has 1 aromatic heterocycles. The van der Waals surface area contributed by atoms with Gasteiger partial charge in [-0.2, -0.15) is 0 Å². The Labute approximate surface area is 149 Å². The highest BCUT2D eigenvalue weighted by Crippen LogP contribution is 2.29. The van der Waals surface area contributed by atoms with Gasteiger partial charge in [0.2, 0.25) is 5.91 Å². The lowest BCUT2D eigenvalue weighted by Gasteiger charge is -2.26. The molecule has 6 nitrogen and oxygen atoms in total. The van der Waals surface area contributed by atoms with E-state index in [-0.39, 0.29) is 23.8 Å². The maximum atomic E-state index is 12.5. The standard InChI is InChI=1S/C19H27N5O/c1-5-24-12-15(19(2,3)13-24)20-17(25)11-16-21-22-18(23(16)4)14-9-7-6-8-10-14/h6-10,15H,5,11-13H2,1-4H3,(H,20,25). The first-order valence-corrected chi connectivity index (χ1v) is 8.86. The van der Waals surface area contributed by atoms with Gasteiger partial charge in [-0.3, -0.25) is 4.79 Å². The normalized spacial score (nSPS) is 19.9. The fourth-order valence-electron chi connectivity index (χ4n) is 3.48.